The van der Waals surface area contributed by atoms with E-state index in [-0.39, 0.29) is 12.4 Å². The van der Waals surface area contributed by atoms with Crippen LogP contribution < -0.4 is 9.47 Å². The molecule has 2 aromatic carbocycles. The van der Waals surface area contributed by atoms with Gasteiger partial charge >= 0.3 is 0 Å². The zero-order chi connectivity index (χ0) is 18.4. The minimum Gasteiger partial charge on any atom is -0.504 e. The lowest BCUT2D eigenvalue weighted by Gasteiger charge is -2.06. The van der Waals surface area contributed by atoms with E-state index >= 15 is 0 Å². The van der Waals surface area contributed by atoms with Crippen LogP contribution in [-0.4, -0.2) is 32.8 Å². The van der Waals surface area contributed by atoms with E-state index in [0.29, 0.717) is 23.0 Å². The highest BCUT2D eigenvalue weighted by molar-refractivity contribution is 7.71. The number of benzene rings is 2. The van der Waals surface area contributed by atoms with E-state index in [1.165, 1.54) is 4.68 Å². The Bertz CT molecular complexity index is 951. The predicted octanol–water partition coefficient (Wildman–Crippen LogP) is 3.51. The Morgan fingerprint density at radius 1 is 1.23 bits per heavy atom. The first-order chi connectivity index (χ1) is 12.7. The van der Waals surface area contributed by atoms with Gasteiger partial charge in [0.2, 0.25) is 4.77 Å². The first kappa shape index (κ1) is 17.7. The zero-order valence-electron chi connectivity index (χ0n) is 14.1. The maximum Gasteiger partial charge on any atom is 0.216 e. The number of hydrogen-bond acceptors (Lipinski definition) is 6. The van der Waals surface area contributed by atoms with Crippen LogP contribution in [0.5, 0.6) is 17.2 Å². The molecule has 0 saturated carbocycles. The van der Waals surface area contributed by atoms with Crippen LogP contribution >= 0.6 is 12.2 Å². The number of rotatable bonds is 7. The summed E-state index contributed by atoms with van der Waals surface area (Å²) < 4.78 is 12.9. The number of para-hydroxylation sites is 1. The van der Waals surface area contributed by atoms with E-state index in [1.807, 2.05) is 37.3 Å². The molecule has 0 aliphatic carbocycles. The summed E-state index contributed by atoms with van der Waals surface area (Å²) in [5, 5.41) is 21.0. The molecule has 8 heteroatoms. The second-order valence-corrected chi connectivity index (χ2v) is 5.65. The minimum atomic E-state index is 0.0841. The highest BCUT2D eigenvalue weighted by Crippen LogP contribution is 2.26. The summed E-state index contributed by atoms with van der Waals surface area (Å²) in [5.41, 5.74) is 0.754. The summed E-state index contributed by atoms with van der Waals surface area (Å²) in [7, 11) is 0. The monoisotopic (exact) mass is 370 g/mol. The third-order valence-corrected chi connectivity index (χ3v) is 3.70. The van der Waals surface area contributed by atoms with Crippen LogP contribution in [0.2, 0.25) is 0 Å². The van der Waals surface area contributed by atoms with Crippen molar-refractivity contribution in [1.82, 2.24) is 14.9 Å². The fourth-order valence-electron chi connectivity index (χ4n) is 2.21. The van der Waals surface area contributed by atoms with Gasteiger partial charge < -0.3 is 14.6 Å². The molecule has 1 aromatic heterocycles. The molecule has 0 aliphatic heterocycles. The fourth-order valence-corrected chi connectivity index (χ4v) is 2.41. The minimum absolute atomic E-state index is 0.0841. The summed E-state index contributed by atoms with van der Waals surface area (Å²) >= 11 is 5.22. The Labute approximate surface area is 155 Å². The normalized spacial score (nSPS) is 11.0. The Morgan fingerprint density at radius 3 is 2.81 bits per heavy atom. The van der Waals surface area contributed by atoms with E-state index in [2.05, 4.69) is 15.3 Å². The zero-order valence-corrected chi connectivity index (χ0v) is 14.9. The lowest BCUT2D eigenvalue weighted by molar-refractivity contribution is 0.290. The van der Waals surface area contributed by atoms with Crippen molar-refractivity contribution >= 4 is 18.4 Å². The summed E-state index contributed by atoms with van der Waals surface area (Å²) in [4.78, 5) is 0. The van der Waals surface area contributed by atoms with Crippen LogP contribution in [0.15, 0.2) is 53.6 Å². The number of aromatic hydroxyl groups is 1. The van der Waals surface area contributed by atoms with E-state index < -0.39 is 0 Å². The summed E-state index contributed by atoms with van der Waals surface area (Å²) in [5.74, 6) is 1.76. The molecular formula is C18H18N4O3S. The molecular weight excluding hydrogens is 352 g/mol. The molecule has 134 valence electrons. The molecule has 26 heavy (non-hydrogen) atoms. The topological polar surface area (TPSA) is 84.7 Å². The molecule has 0 unspecified atom stereocenters. The summed E-state index contributed by atoms with van der Waals surface area (Å²) in [6.45, 7) is 2.53. The highest BCUT2D eigenvalue weighted by atomic mass is 32.1. The third-order valence-electron chi connectivity index (χ3n) is 3.43. The smallest absolute Gasteiger partial charge is 0.216 e. The molecule has 1 heterocycles. The van der Waals surface area contributed by atoms with Crippen LogP contribution in [0.3, 0.4) is 0 Å². The van der Waals surface area contributed by atoms with E-state index in [1.54, 1.807) is 24.4 Å². The van der Waals surface area contributed by atoms with Gasteiger partial charge in [0, 0.05) is 0 Å². The number of phenols is 1. The molecule has 0 atom stereocenters. The van der Waals surface area contributed by atoms with Gasteiger partial charge in [0.25, 0.3) is 0 Å². The number of phenolic OH excluding ortho intramolecular Hbond substituents is 1. The Kier molecular flexibility index (Phi) is 5.65. The molecule has 0 bridgehead atoms. The van der Waals surface area contributed by atoms with Crippen molar-refractivity contribution in [1.29, 1.82) is 0 Å². The number of nitrogens with zero attached hydrogens (tertiary/aromatic N) is 3. The Hall–Kier alpha value is -3.13. The number of aromatic amines is 1. The SMILES string of the molecule is CCOc1cc(C=Nn2c(COc3ccccc3)n[nH]c2=S)ccc1O. The van der Waals surface area contributed by atoms with Gasteiger partial charge in [-0.3, -0.25) is 0 Å². The van der Waals surface area contributed by atoms with E-state index in [4.69, 9.17) is 21.7 Å². The Balaban J connectivity index is 1.77. The number of aromatic nitrogens is 3. The van der Waals surface area contributed by atoms with Gasteiger partial charge in [0.05, 0.1) is 12.8 Å². The van der Waals surface area contributed by atoms with Crippen molar-refractivity contribution < 1.29 is 14.6 Å². The molecule has 0 amide bonds. The summed E-state index contributed by atoms with van der Waals surface area (Å²) in [6, 6.07) is 14.4. The molecule has 0 fully saturated rings. The maximum atomic E-state index is 9.76. The summed E-state index contributed by atoms with van der Waals surface area (Å²) in [6.07, 6.45) is 1.61. The van der Waals surface area contributed by atoms with Crippen molar-refractivity contribution in [2.24, 2.45) is 5.10 Å². The van der Waals surface area contributed by atoms with Crippen LogP contribution in [-0.2, 0) is 6.61 Å². The third kappa shape index (κ3) is 4.28. The second kappa shape index (κ2) is 8.30. The van der Waals surface area contributed by atoms with Gasteiger partial charge in [-0.1, -0.05) is 18.2 Å². The average molecular weight is 370 g/mol. The van der Waals surface area contributed by atoms with Crippen molar-refractivity contribution in [2.45, 2.75) is 13.5 Å². The first-order valence-electron chi connectivity index (χ1n) is 8.01. The number of nitrogens with one attached hydrogen (secondary N) is 1. The van der Waals surface area contributed by atoms with Gasteiger partial charge in [-0.25, -0.2) is 5.10 Å². The highest BCUT2D eigenvalue weighted by Gasteiger charge is 2.07. The lowest BCUT2D eigenvalue weighted by Crippen LogP contribution is -2.04. The van der Waals surface area contributed by atoms with Gasteiger partial charge in [-0.05, 0) is 55.0 Å². The van der Waals surface area contributed by atoms with Crippen molar-refractivity contribution in [2.75, 3.05) is 6.61 Å². The van der Waals surface area contributed by atoms with Crippen LogP contribution in [0, 0.1) is 4.77 Å². The second-order valence-electron chi connectivity index (χ2n) is 5.26. The predicted molar refractivity (Wildman–Crippen MR) is 100 cm³/mol. The molecule has 0 radical (unpaired) electrons. The van der Waals surface area contributed by atoms with Gasteiger partial charge in [0.1, 0.15) is 12.4 Å². The van der Waals surface area contributed by atoms with Gasteiger partial charge in [-0.15, -0.1) is 0 Å². The van der Waals surface area contributed by atoms with Crippen LogP contribution in [0.25, 0.3) is 0 Å². The Morgan fingerprint density at radius 2 is 2.04 bits per heavy atom. The largest absolute Gasteiger partial charge is 0.504 e. The van der Waals surface area contributed by atoms with Gasteiger partial charge in [0.15, 0.2) is 17.3 Å². The standard InChI is InChI=1S/C18H18N4O3S/c1-2-24-16-10-13(8-9-15(16)23)11-19-22-17(20-21-18(22)26)12-25-14-6-4-3-5-7-14/h3-11,23H,2,12H2,1H3,(H,21,26). The molecule has 3 rings (SSSR count). The molecule has 0 spiro atoms. The molecule has 0 saturated heterocycles. The number of hydrogen-bond donors (Lipinski definition) is 2. The quantitative estimate of drug-likeness (QED) is 0.491. The van der Waals surface area contributed by atoms with Gasteiger partial charge in [-0.2, -0.15) is 14.9 Å². The van der Waals surface area contributed by atoms with Crippen molar-refractivity contribution in [3.8, 4) is 17.2 Å². The molecule has 0 aliphatic rings. The molecule has 3 aromatic rings. The van der Waals surface area contributed by atoms with E-state index in [0.717, 1.165) is 11.3 Å². The molecule has 7 nitrogen and oxygen atoms in total. The van der Waals surface area contributed by atoms with Crippen molar-refractivity contribution in [3.63, 3.8) is 0 Å². The van der Waals surface area contributed by atoms with Crippen molar-refractivity contribution in [3.05, 3.63) is 64.7 Å². The van der Waals surface area contributed by atoms with E-state index in [9.17, 15) is 5.11 Å². The maximum absolute atomic E-state index is 9.76. The molecule has 2 N–H and O–H groups in total. The fraction of sp³-hybridized carbons (Fsp3) is 0.167. The average Bonchev–Trinajstić information content (AvgIpc) is 3.01. The van der Waals surface area contributed by atoms with Crippen LogP contribution in [0.4, 0.5) is 0 Å². The lowest BCUT2D eigenvalue weighted by atomic mass is 10.2. The van der Waals surface area contributed by atoms with Crippen LogP contribution in [0.1, 0.15) is 18.3 Å². The number of ether oxygens (including phenoxy) is 2. The number of H-pyrrole nitrogens is 1. The first-order valence-corrected chi connectivity index (χ1v) is 8.42.